The van der Waals surface area contributed by atoms with Crippen LogP contribution in [0.1, 0.15) is 26.2 Å². The zero-order valence-electron chi connectivity index (χ0n) is 7.71. The summed E-state index contributed by atoms with van der Waals surface area (Å²) >= 11 is 0. The summed E-state index contributed by atoms with van der Waals surface area (Å²) in [4.78, 5) is 2.46. The molecule has 0 aromatic heterocycles. The van der Waals surface area contributed by atoms with Crippen LogP contribution < -0.4 is 5.73 Å². The van der Waals surface area contributed by atoms with Crippen molar-refractivity contribution in [2.45, 2.75) is 32.2 Å². The Morgan fingerprint density at radius 1 is 1.64 bits per heavy atom. The van der Waals surface area contributed by atoms with E-state index in [1.807, 2.05) is 0 Å². The molecule has 0 amide bonds. The van der Waals surface area contributed by atoms with Crippen molar-refractivity contribution in [3.8, 4) is 0 Å². The van der Waals surface area contributed by atoms with E-state index in [1.54, 1.807) is 0 Å². The first-order chi connectivity index (χ1) is 5.24. The summed E-state index contributed by atoms with van der Waals surface area (Å²) in [6, 6.07) is 0.813. The maximum absolute atomic E-state index is 5.58. The van der Waals surface area contributed by atoms with Gasteiger partial charge in [-0.2, -0.15) is 0 Å². The Morgan fingerprint density at radius 2 is 2.36 bits per heavy atom. The molecule has 2 atom stereocenters. The van der Waals surface area contributed by atoms with Gasteiger partial charge < -0.3 is 10.6 Å². The van der Waals surface area contributed by atoms with Gasteiger partial charge in [0, 0.05) is 6.04 Å². The highest BCUT2D eigenvalue weighted by molar-refractivity contribution is 4.77. The molecule has 0 bridgehead atoms. The number of nitrogens with zero attached hydrogens (tertiary/aromatic N) is 1. The molecule has 0 aromatic rings. The van der Waals surface area contributed by atoms with Gasteiger partial charge in [0.25, 0.3) is 0 Å². The first-order valence-corrected chi connectivity index (χ1v) is 4.64. The summed E-state index contributed by atoms with van der Waals surface area (Å²) in [6.45, 7) is 4.36. The Balaban J connectivity index is 2.24. The molecule has 1 saturated heterocycles. The highest BCUT2D eigenvalue weighted by atomic mass is 15.1. The maximum atomic E-state index is 5.58. The topological polar surface area (TPSA) is 29.3 Å². The lowest BCUT2D eigenvalue weighted by Crippen LogP contribution is -2.28. The fourth-order valence-electron chi connectivity index (χ4n) is 1.84. The minimum atomic E-state index is 0.695. The number of nitrogens with two attached hydrogens (primary N) is 1. The fourth-order valence-corrected chi connectivity index (χ4v) is 1.84. The third-order valence-corrected chi connectivity index (χ3v) is 2.75. The van der Waals surface area contributed by atoms with Gasteiger partial charge >= 0.3 is 0 Å². The lowest BCUT2D eigenvalue weighted by Gasteiger charge is -2.21. The van der Waals surface area contributed by atoms with Crippen LogP contribution in [0, 0.1) is 5.92 Å². The first-order valence-electron chi connectivity index (χ1n) is 4.64. The van der Waals surface area contributed by atoms with E-state index >= 15 is 0 Å². The number of hydrogen-bond acceptors (Lipinski definition) is 2. The molecule has 1 heterocycles. The zero-order valence-corrected chi connectivity index (χ0v) is 7.71. The molecular formula is C9H20N2. The normalized spacial score (nSPS) is 29.2. The van der Waals surface area contributed by atoms with Crippen molar-refractivity contribution in [3.63, 3.8) is 0 Å². The molecule has 2 heteroatoms. The molecule has 0 aliphatic carbocycles. The van der Waals surface area contributed by atoms with Crippen molar-refractivity contribution in [1.82, 2.24) is 4.90 Å². The monoisotopic (exact) mass is 156 g/mol. The van der Waals surface area contributed by atoms with E-state index in [9.17, 15) is 0 Å². The SMILES string of the molecule is CC(CN)CC1CCCN1C. The van der Waals surface area contributed by atoms with E-state index in [-0.39, 0.29) is 0 Å². The highest BCUT2D eigenvalue weighted by Gasteiger charge is 2.21. The molecule has 1 fully saturated rings. The van der Waals surface area contributed by atoms with Gasteiger partial charge in [0.1, 0.15) is 0 Å². The van der Waals surface area contributed by atoms with Crippen LogP contribution in [0.15, 0.2) is 0 Å². The van der Waals surface area contributed by atoms with E-state index in [0.29, 0.717) is 5.92 Å². The van der Waals surface area contributed by atoms with Crippen LogP contribution >= 0.6 is 0 Å². The van der Waals surface area contributed by atoms with Gasteiger partial charge in [-0.25, -0.2) is 0 Å². The molecule has 0 spiro atoms. The maximum Gasteiger partial charge on any atom is 0.00956 e. The van der Waals surface area contributed by atoms with Crippen molar-refractivity contribution < 1.29 is 0 Å². The Bertz CT molecular complexity index is 114. The number of likely N-dealkylation sites (tertiary alicyclic amines) is 1. The van der Waals surface area contributed by atoms with Crippen LogP contribution in [-0.2, 0) is 0 Å². The van der Waals surface area contributed by atoms with E-state index in [2.05, 4.69) is 18.9 Å². The number of hydrogen-bond donors (Lipinski definition) is 1. The molecule has 2 N–H and O–H groups in total. The Morgan fingerprint density at radius 3 is 2.82 bits per heavy atom. The van der Waals surface area contributed by atoms with Crippen molar-refractivity contribution in [1.29, 1.82) is 0 Å². The third kappa shape index (κ3) is 2.46. The lowest BCUT2D eigenvalue weighted by molar-refractivity contribution is 0.268. The second-order valence-electron chi connectivity index (χ2n) is 3.85. The minimum absolute atomic E-state index is 0.695. The molecule has 0 aromatic carbocycles. The zero-order chi connectivity index (χ0) is 8.27. The Hall–Kier alpha value is -0.0800. The van der Waals surface area contributed by atoms with Crippen LogP contribution in [0.5, 0.6) is 0 Å². The average molecular weight is 156 g/mol. The summed E-state index contributed by atoms with van der Waals surface area (Å²) in [6.07, 6.45) is 4.03. The Kier molecular flexibility index (Phi) is 3.34. The van der Waals surface area contributed by atoms with E-state index in [1.165, 1.54) is 25.8 Å². The number of rotatable bonds is 3. The van der Waals surface area contributed by atoms with Crippen molar-refractivity contribution >= 4 is 0 Å². The van der Waals surface area contributed by atoms with E-state index in [4.69, 9.17) is 5.73 Å². The van der Waals surface area contributed by atoms with Gasteiger partial charge in [0.15, 0.2) is 0 Å². The quantitative estimate of drug-likeness (QED) is 0.662. The minimum Gasteiger partial charge on any atom is -0.330 e. The van der Waals surface area contributed by atoms with E-state index < -0.39 is 0 Å². The van der Waals surface area contributed by atoms with Crippen LogP contribution in [0.4, 0.5) is 0 Å². The molecule has 1 rings (SSSR count). The van der Waals surface area contributed by atoms with Gasteiger partial charge in [0.05, 0.1) is 0 Å². The second-order valence-corrected chi connectivity index (χ2v) is 3.85. The smallest absolute Gasteiger partial charge is 0.00956 e. The molecule has 66 valence electrons. The summed E-state index contributed by atoms with van der Waals surface area (Å²) in [5.74, 6) is 0.695. The molecule has 2 unspecified atom stereocenters. The summed E-state index contributed by atoms with van der Waals surface area (Å²) in [5, 5.41) is 0. The van der Waals surface area contributed by atoms with Gasteiger partial charge in [-0.3, -0.25) is 0 Å². The molecule has 1 aliphatic rings. The van der Waals surface area contributed by atoms with Gasteiger partial charge in [-0.1, -0.05) is 6.92 Å². The predicted molar refractivity (Wildman–Crippen MR) is 48.5 cm³/mol. The van der Waals surface area contributed by atoms with Crippen LogP contribution in [-0.4, -0.2) is 31.1 Å². The molecule has 0 radical (unpaired) electrons. The Labute approximate surface area is 69.8 Å². The predicted octanol–water partition coefficient (Wildman–Crippen LogP) is 1.07. The molecule has 11 heavy (non-hydrogen) atoms. The summed E-state index contributed by atoms with van der Waals surface area (Å²) in [5.41, 5.74) is 5.58. The standard InChI is InChI=1S/C9H20N2/c1-8(7-10)6-9-4-3-5-11(9)2/h8-9H,3-7,10H2,1-2H3. The lowest BCUT2D eigenvalue weighted by atomic mass is 10.0. The van der Waals surface area contributed by atoms with Crippen molar-refractivity contribution in [3.05, 3.63) is 0 Å². The van der Waals surface area contributed by atoms with Crippen LogP contribution in [0.25, 0.3) is 0 Å². The molecular weight excluding hydrogens is 136 g/mol. The van der Waals surface area contributed by atoms with Crippen LogP contribution in [0.3, 0.4) is 0 Å². The van der Waals surface area contributed by atoms with Crippen LogP contribution in [0.2, 0.25) is 0 Å². The van der Waals surface area contributed by atoms with Gasteiger partial charge in [-0.15, -0.1) is 0 Å². The summed E-state index contributed by atoms with van der Waals surface area (Å²) in [7, 11) is 2.22. The largest absolute Gasteiger partial charge is 0.330 e. The van der Waals surface area contributed by atoms with Crippen molar-refractivity contribution in [2.75, 3.05) is 20.1 Å². The highest BCUT2D eigenvalue weighted by Crippen LogP contribution is 2.20. The summed E-state index contributed by atoms with van der Waals surface area (Å²) < 4.78 is 0. The van der Waals surface area contributed by atoms with Crippen molar-refractivity contribution in [2.24, 2.45) is 11.7 Å². The average Bonchev–Trinajstić information content (AvgIpc) is 2.37. The molecule has 2 nitrogen and oxygen atoms in total. The second kappa shape index (κ2) is 4.07. The van der Waals surface area contributed by atoms with E-state index in [0.717, 1.165) is 12.6 Å². The fraction of sp³-hybridized carbons (Fsp3) is 1.00. The van der Waals surface area contributed by atoms with Gasteiger partial charge in [0.2, 0.25) is 0 Å². The first kappa shape index (κ1) is 9.01. The molecule has 0 saturated carbocycles. The molecule has 1 aliphatic heterocycles. The van der Waals surface area contributed by atoms with Gasteiger partial charge in [-0.05, 0) is 45.3 Å². The third-order valence-electron chi connectivity index (χ3n) is 2.75.